The lowest BCUT2D eigenvalue weighted by atomic mass is 10.1. The van der Waals surface area contributed by atoms with E-state index >= 15 is 0 Å². The Hall–Kier alpha value is -1.74. The summed E-state index contributed by atoms with van der Waals surface area (Å²) >= 11 is 3.46. The quantitative estimate of drug-likeness (QED) is 0.762. The molecule has 0 saturated carbocycles. The molecular weight excluding hydrogens is 314 g/mol. The van der Waals surface area contributed by atoms with Gasteiger partial charge in [-0.2, -0.15) is 0 Å². The van der Waals surface area contributed by atoms with Crippen molar-refractivity contribution in [2.24, 2.45) is 0 Å². The third-order valence-electron chi connectivity index (χ3n) is 3.19. The van der Waals surface area contributed by atoms with Gasteiger partial charge in [0.1, 0.15) is 5.75 Å². The van der Waals surface area contributed by atoms with Crippen LogP contribution in [-0.2, 0) is 0 Å². The van der Waals surface area contributed by atoms with Gasteiger partial charge >= 0.3 is 0 Å². The zero-order valence-electron chi connectivity index (χ0n) is 12.2. The first-order valence-electron chi connectivity index (χ1n) is 6.26. The largest absolute Gasteiger partial charge is 0.507 e. The maximum Gasteiger partial charge on any atom is 0.123 e. The van der Waals surface area contributed by atoms with Crippen LogP contribution in [0, 0.1) is 0 Å². The van der Waals surface area contributed by atoms with Gasteiger partial charge in [0.15, 0.2) is 0 Å². The SMILES string of the molecule is C=C/C(Br)=C(/C)N(C)/C(C)=C\C(=C)c1ccccc1O. The molecule has 20 heavy (non-hydrogen) atoms. The molecule has 0 radical (unpaired) electrons. The Balaban J connectivity index is 3.03. The van der Waals surface area contributed by atoms with E-state index in [2.05, 4.69) is 29.1 Å². The van der Waals surface area contributed by atoms with Crippen molar-refractivity contribution in [2.45, 2.75) is 13.8 Å². The molecule has 0 aromatic heterocycles. The number of hydrogen-bond donors (Lipinski definition) is 1. The number of benzene rings is 1. The Morgan fingerprint density at radius 3 is 2.45 bits per heavy atom. The lowest BCUT2D eigenvalue weighted by molar-refractivity contribution is 0.473. The molecule has 2 nitrogen and oxygen atoms in total. The second-order valence-corrected chi connectivity index (χ2v) is 5.38. The number of hydrogen-bond acceptors (Lipinski definition) is 2. The van der Waals surface area contributed by atoms with Crippen LogP contribution in [0.5, 0.6) is 5.75 Å². The first-order chi connectivity index (χ1) is 9.38. The van der Waals surface area contributed by atoms with Gasteiger partial charge in [0.2, 0.25) is 0 Å². The van der Waals surface area contributed by atoms with Gasteiger partial charge in [0.25, 0.3) is 0 Å². The summed E-state index contributed by atoms with van der Waals surface area (Å²) in [6.07, 6.45) is 3.71. The summed E-state index contributed by atoms with van der Waals surface area (Å²) < 4.78 is 0.945. The van der Waals surface area contributed by atoms with Crippen LogP contribution in [0.3, 0.4) is 0 Å². The smallest absolute Gasteiger partial charge is 0.123 e. The molecule has 0 aliphatic rings. The number of allylic oxidation sites excluding steroid dienone is 6. The topological polar surface area (TPSA) is 23.5 Å². The van der Waals surface area contributed by atoms with Crippen LogP contribution in [0.4, 0.5) is 0 Å². The normalized spacial score (nSPS) is 12.7. The van der Waals surface area contributed by atoms with Crippen molar-refractivity contribution in [3.63, 3.8) is 0 Å². The molecule has 0 heterocycles. The molecule has 0 fully saturated rings. The first kappa shape index (κ1) is 16.3. The summed E-state index contributed by atoms with van der Waals surface area (Å²) in [5, 5.41) is 9.83. The number of phenolic OH excluding ortho intramolecular Hbond substituents is 1. The van der Waals surface area contributed by atoms with E-state index < -0.39 is 0 Å². The fourth-order valence-corrected chi connectivity index (χ4v) is 2.01. The first-order valence-corrected chi connectivity index (χ1v) is 7.06. The Morgan fingerprint density at radius 2 is 1.90 bits per heavy atom. The van der Waals surface area contributed by atoms with Gasteiger partial charge < -0.3 is 10.0 Å². The second kappa shape index (κ2) is 7.15. The zero-order chi connectivity index (χ0) is 15.3. The number of para-hydroxylation sites is 1. The van der Waals surface area contributed by atoms with E-state index in [1.165, 1.54) is 0 Å². The maximum absolute atomic E-state index is 9.83. The van der Waals surface area contributed by atoms with Crippen LogP contribution >= 0.6 is 15.9 Å². The van der Waals surface area contributed by atoms with Crippen molar-refractivity contribution in [3.8, 4) is 5.75 Å². The number of phenols is 1. The fourth-order valence-electron chi connectivity index (χ4n) is 1.74. The maximum atomic E-state index is 9.83. The van der Waals surface area contributed by atoms with Gasteiger partial charge in [-0.1, -0.05) is 37.4 Å². The highest BCUT2D eigenvalue weighted by Crippen LogP contribution is 2.26. The average molecular weight is 334 g/mol. The van der Waals surface area contributed by atoms with Crippen LogP contribution in [0.2, 0.25) is 0 Å². The highest BCUT2D eigenvalue weighted by atomic mass is 79.9. The molecule has 106 valence electrons. The molecule has 0 aliphatic heterocycles. The van der Waals surface area contributed by atoms with Gasteiger partial charge in [0, 0.05) is 28.5 Å². The van der Waals surface area contributed by atoms with Gasteiger partial charge in [0.05, 0.1) is 0 Å². The molecular formula is C17H20BrNO. The molecule has 0 atom stereocenters. The lowest BCUT2D eigenvalue weighted by Gasteiger charge is -2.22. The van der Waals surface area contributed by atoms with E-state index in [0.717, 1.165) is 27.0 Å². The van der Waals surface area contributed by atoms with Crippen molar-refractivity contribution >= 4 is 21.5 Å². The standard InChI is InChI=1S/C17H20BrNO/c1-6-16(18)14(4)19(5)13(3)11-12(2)15-9-7-8-10-17(15)20/h6-11,20H,1-2H2,3-5H3/b13-11-,16-14+. The van der Waals surface area contributed by atoms with Crippen molar-refractivity contribution in [1.82, 2.24) is 4.90 Å². The minimum absolute atomic E-state index is 0.240. The molecule has 0 bridgehead atoms. The summed E-state index contributed by atoms with van der Waals surface area (Å²) in [5.74, 6) is 0.240. The summed E-state index contributed by atoms with van der Waals surface area (Å²) in [4.78, 5) is 2.04. The zero-order valence-corrected chi connectivity index (χ0v) is 13.7. The average Bonchev–Trinajstić information content (AvgIpc) is 2.44. The minimum atomic E-state index is 0.240. The van der Waals surface area contributed by atoms with E-state index in [1.807, 2.05) is 44.0 Å². The van der Waals surface area contributed by atoms with Crippen LogP contribution in [-0.4, -0.2) is 17.1 Å². The predicted molar refractivity (Wildman–Crippen MR) is 90.5 cm³/mol. The van der Waals surface area contributed by atoms with Crippen molar-refractivity contribution in [2.75, 3.05) is 7.05 Å². The highest BCUT2D eigenvalue weighted by molar-refractivity contribution is 9.11. The number of halogens is 1. The molecule has 0 amide bonds. The van der Waals surface area contributed by atoms with Crippen LogP contribution in [0.25, 0.3) is 5.57 Å². The van der Waals surface area contributed by atoms with Gasteiger partial charge in [-0.25, -0.2) is 0 Å². The summed E-state index contributed by atoms with van der Waals surface area (Å²) in [5.41, 5.74) is 3.59. The molecule has 1 rings (SSSR count). The minimum Gasteiger partial charge on any atom is -0.507 e. The Kier molecular flexibility index (Phi) is 5.83. The van der Waals surface area contributed by atoms with Gasteiger partial charge in [-0.15, -0.1) is 0 Å². The van der Waals surface area contributed by atoms with E-state index in [4.69, 9.17) is 0 Å². The molecule has 3 heteroatoms. The van der Waals surface area contributed by atoms with Crippen molar-refractivity contribution in [3.05, 3.63) is 71.0 Å². The van der Waals surface area contributed by atoms with Crippen LogP contribution in [0.15, 0.2) is 65.5 Å². The van der Waals surface area contributed by atoms with Crippen LogP contribution in [0.1, 0.15) is 19.4 Å². The van der Waals surface area contributed by atoms with E-state index in [9.17, 15) is 5.11 Å². The Labute approximate surface area is 129 Å². The molecule has 0 unspecified atom stereocenters. The van der Waals surface area contributed by atoms with Crippen molar-refractivity contribution < 1.29 is 5.11 Å². The Morgan fingerprint density at radius 1 is 1.30 bits per heavy atom. The fraction of sp³-hybridized carbons (Fsp3) is 0.176. The third-order valence-corrected chi connectivity index (χ3v) is 4.09. The van der Waals surface area contributed by atoms with Crippen molar-refractivity contribution in [1.29, 1.82) is 0 Å². The number of nitrogens with zero attached hydrogens (tertiary/aromatic N) is 1. The highest BCUT2D eigenvalue weighted by Gasteiger charge is 2.07. The molecule has 0 saturated heterocycles. The van der Waals surface area contributed by atoms with Crippen LogP contribution < -0.4 is 0 Å². The number of rotatable bonds is 5. The van der Waals surface area contributed by atoms with Gasteiger partial charge in [-0.05, 0) is 47.5 Å². The summed E-state index contributed by atoms with van der Waals surface area (Å²) in [7, 11) is 1.98. The predicted octanol–water partition coefficient (Wildman–Crippen LogP) is 5.05. The molecule has 1 aromatic carbocycles. The number of aromatic hydroxyl groups is 1. The van der Waals surface area contributed by atoms with E-state index in [-0.39, 0.29) is 5.75 Å². The second-order valence-electron chi connectivity index (χ2n) is 4.52. The van der Waals surface area contributed by atoms with E-state index in [1.54, 1.807) is 18.2 Å². The molecule has 0 spiro atoms. The Bertz CT molecular complexity index is 584. The van der Waals surface area contributed by atoms with Gasteiger partial charge in [-0.3, -0.25) is 0 Å². The molecule has 1 aromatic rings. The third kappa shape index (κ3) is 3.87. The van der Waals surface area contributed by atoms with E-state index in [0.29, 0.717) is 0 Å². The summed E-state index contributed by atoms with van der Waals surface area (Å²) in [6.45, 7) is 11.8. The lowest BCUT2D eigenvalue weighted by Crippen LogP contribution is -2.14. The molecule has 1 N–H and O–H groups in total. The summed E-state index contributed by atoms with van der Waals surface area (Å²) in [6, 6.07) is 7.19. The monoisotopic (exact) mass is 333 g/mol. The molecule has 0 aliphatic carbocycles.